The second-order valence-electron chi connectivity index (χ2n) is 6.09. The Morgan fingerprint density at radius 2 is 1.89 bits per heavy atom. The maximum atomic E-state index is 12.6. The Morgan fingerprint density at radius 3 is 2.54 bits per heavy atom. The first-order valence-corrected chi connectivity index (χ1v) is 8.89. The number of methoxy groups -OCH3 is 2. The molecule has 0 aliphatic rings. The summed E-state index contributed by atoms with van der Waals surface area (Å²) in [6.45, 7) is 3.78. The van der Waals surface area contributed by atoms with Crippen molar-refractivity contribution >= 4 is 17.6 Å². The van der Waals surface area contributed by atoms with Crippen molar-refractivity contribution in [2.45, 2.75) is 20.5 Å². The fraction of sp³-hybridized carbons (Fsp3) is 0.250. The van der Waals surface area contributed by atoms with Gasteiger partial charge in [-0.15, -0.1) is 0 Å². The van der Waals surface area contributed by atoms with Gasteiger partial charge in [-0.05, 0) is 50.2 Å². The third-order valence-electron chi connectivity index (χ3n) is 4.10. The number of pyridine rings is 1. The van der Waals surface area contributed by atoms with E-state index in [-0.39, 0.29) is 17.3 Å². The van der Waals surface area contributed by atoms with Gasteiger partial charge in [0.2, 0.25) is 0 Å². The molecule has 0 N–H and O–H groups in total. The monoisotopic (exact) mass is 401 g/mol. The van der Waals surface area contributed by atoms with Gasteiger partial charge in [0.15, 0.2) is 11.5 Å². The van der Waals surface area contributed by atoms with Crippen molar-refractivity contribution in [1.82, 2.24) is 14.8 Å². The molecule has 0 bridgehead atoms. The lowest BCUT2D eigenvalue weighted by atomic mass is 10.2. The van der Waals surface area contributed by atoms with Gasteiger partial charge >= 0.3 is 5.97 Å². The third-order valence-corrected chi connectivity index (χ3v) is 4.40. The highest BCUT2D eigenvalue weighted by molar-refractivity contribution is 6.33. The molecule has 146 valence electrons. The van der Waals surface area contributed by atoms with E-state index in [1.54, 1.807) is 49.2 Å². The van der Waals surface area contributed by atoms with Crippen LogP contribution >= 0.6 is 11.6 Å². The predicted octanol–water partition coefficient (Wildman–Crippen LogP) is 3.91. The van der Waals surface area contributed by atoms with Crippen LogP contribution in [0.25, 0.3) is 5.82 Å². The lowest BCUT2D eigenvalue weighted by Gasteiger charge is -2.12. The predicted molar refractivity (Wildman–Crippen MR) is 105 cm³/mol. The van der Waals surface area contributed by atoms with E-state index in [1.807, 2.05) is 19.9 Å². The molecule has 0 saturated heterocycles. The average Bonchev–Trinajstić information content (AvgIpc) is 3.04. The Bertz CT molecular complexity index is 1020. The van der Waals surface area contributed by atoms with E-state index >= 15 is 0 Å². The summed E-state index contributed by atoms with van der Waals surface area (Å²) in [6.07, 6.45) is 0. The molecule has 0 fully saturated rings. The molecule has 8 heteroatoms. The fourth-order valence-corrected chi connectivity index (χ4v) is 2.94. The SMILES string of the molecule is COc1ccc(OC)c(COC(=O)c2nc(-n3nc(C)cc3C)ccc2Cl)c1. The van der Waals surface area contributed by atoms with Crippen molar-refractivity contribution in [3.63, 3.8) is 0 Å². The topological polar surface area (TPSA) is 75.5 Å². The lowest BCUT2D eigenvalue weighted by molar-refractivity contribution is 0.0463. The number of aryl methyl sites for hydroxylation is 2. The molecule has 0 amide bonds. The summed E-state index contributed by atoms with van der Waals surface area (Å²) in [5.41, 5.74) is 2.44. The van der Waals surface area contributed by atoms with Crippen LogP contribution in [0.15, 0.2) is 36.4 Å². The summed E-state index contributed by atoms with van der Waals surface area (Å²) in [5, 5.41) is 4.58. The number of esters is 1. The van der Waals surface area contributed by atoms with Gasteiger partial charge in [-0.25, -0.2) is 14.5 Å². The van der Waals surface area contributed by atoms with Gasteiger partial charge in [0.1, 0.15) is 18.1 Å². The van der Waals surface area contributed by atoms with Gasteiger partial charge in [-0.1, -0.05) is 11.6 Å². The van der Waals surface area contributed by atoms with E-state index in [1.165, 1.54) is 0 Å². The summed E-state index contributed by atoms with van der Waals surface area (Å²) in [7, 11) is 3.11. The minimum atomic E-state index is -0.641. The van der Waals surface area contributed by atoms with Crippen LogP contribution in [0.5, 0.6) is 11.5 Å². The molecule has 2 aromatic heterocycles. The van der Waals surface area contributed by atoms with E-state index in [9.17, 15) is 4.79 Å². The molecule has 0 atom stereocenters. The molecule has 2 heterocycles. The molecule has 0 unspecified atom stereocenters. The van der Waals surface area contributed by atoms with Gasteiger partial charge < -0.3 is 14.2 Å². The zero-order valence-electron chi connectivity index (χ0n) is 16.0. The van der Waals surface area contributed by atoms with E-state index in [4.69, 9.17) is 25.8 Å². The van der Waals surface area contributed by atoms with E-state index in [0.717, 1.165) is 11.4 Å². The summed E-state index contributed by atoms with van der Waals surface area (Å²) >= 11 is 6.17. The molecule has 3 aromatic rings. The minimum Gasteiger partial charge on any atom is -0.497 e. The first-order valence-electron chi connectivity index (χ1n) is 8.51. The number of benzene rings is 1. The van der Waals surface area contributed by atoms with Crippen LogP contribution in [-0.2, 0) is 11.3 Å². The maximum absolute atomic E-state index is 12.6. The fourth-order valence-electron chi connectivity index (χ4n) is 2.76. The Kier molecular flexibility index (Phi) is 5.84. The molecular formula is C20H20ClN3O4. The zero-order valence-corrected chi connectivity index (χ0v) is 16.8. The van der Waals surface area contributed by atoms with Crippen LogP contribution in [-0.4, -0.2) is 35.0 Å². The van der Waals surface area contributed by atoms with Gasteiger partial charge in [0.05, 0.1) is 24.9 Å². The smallest absolute Gasteiger partial charge is 0.358 e. The molecule has 0 aliphatic heterocycles. The lowest BCUT2D eigenvalue weighted by Crippen LogP contribution is -2.12. The number of carbonyl (C=O) groups excluding carboxylic acids is 1. The number of rotatable bonds is 6. The molecule has 7 nitrogen and oxygen atoms in total. The quantitative estimate of drug-likeness (QED) is 0.583. The Balaban J connectivity index is 1.83. The molecule has 28 heavy (non-hydrogen) atoms. The highest BCUT2D eigenvalue weighted by Crippen LogP contribution is 2.25. The van der Waals surface area contributed by atoms with Crippen LogP contribution in [0.2, 0.25) is 5.02 Å². The Labute approximate surface area is 167 Å². The molecule has 1 aromatic carbocycles. The number of hydrogen-bond donors (Lipinski definition) is 0. The zero-order chi connectivity index (χ0) is 20.3. The number of ether oxygens (including phenoxy) is 3. The van der Waals surface area contributed by atoms with E-state index < -0.39 is 5.97 Å². The normalized spacial score (nSPS) is 10.6. The maximum Gasteiger partial charge on any atom is 0.358 e. The van der Waals surface area contributed by atoms with Crippen molar-refractivity contribution in [2.24, 2.45) is 0 Å². The minimum absolute atomic E-state index is 0.0126. The number of carbonyl (C=O) groups is 1. The van der Waals surface area contributed by atoms with Crippen molar-refractivity contribution < 1.29 is 19.0 Å². The highest BCUT2D eigenvalue weighted by atomic mass is 35.5. The number of aromatic nitrogens is 3. The van der Waals surface area contributed by atoms with Crippen molar-refractivity contribution in [1.29, 1.82) is 0 Å². The highest BCUT2D eigenvalue weighted by Gasteiger charge is 2.18. The van der Waals surface area contributed by atoms with Crippen molar-refractivity contribution in [3.8, 4) is 17.3 Å². The third kappa shape index (κ3) is 4.09. The molecule has 0 radical (unpaired) electrons. The standard InChI is InChI=1S/C20H20ClN3O4/c1-12-9-13(2)24(23-12)18-8-6-16(21)19(22-18)20(25)28-11-14-10-15(26-3)5-7-17(14)27-4/h5-10H,11H2,1-4H3. The molecular weight excluding hydrogens is 382 g/mol. The first-order chi connectivity index (χ1) is 13.4. The molecule has 3 rings (SSSR count). The van der Waals surface area contributed by atoms with Crippen LogP contribution in [0.4, 0.5) is 0 Å². The largest absolute Gasteiger partial charge is 0.497 e. The Morgan fingerprint density at radius 1 is 1.11 bits per heavy atom. The Hall–Kier alpha value is -3.06. The molecule has 0 saturated carbocycles. The first kappa shape index (κ1) is 19.7. The van der Waals surface area contributed by atoms with Crippen molar-refractivity contribution in [3.05, 3.63) is 64.1 Å². The van der Waals surface area contributed by atoms with E-state index in [2.05, 4.69) is 10.1 Å². The van der Waals surface area contributed by atoms with Gasteiger partial charge in [-0.3, -0.25) is 0 Å². The van der Waals surface area contributed by atoms with Crippen LogP contribution in [0.3, 0.4) is 0 Å². The summed E-state index contributed by atoms with van der Waals surface area (Å²) < 4.78 is 17.6. The number of halogens is 1. The molecule has 0 aliphatic carbocycles. The van der Waals surface area contributed by atoms with Crippen LogP contribution < -0.4 is 9.47 Å². The van der Waals surface area contributed by atoms with Crippen LogP contribution in [0, 0.1) is 13.8 Å². The summed E-state index contributed by atoms with van der Waals surface area (Å²) in [5.74, 6) is 1.07. The average molecular weight is 402 g/mol. The van der Waals surface area contributed by atoms with Gasteiger partial charge in [0, 0.05) is 11.3 Å². The van der Waals surface area contributed by atoms with Crippen LogP contribution in [0.1, 0.15) is 27.4 Å². The number of nitrogens with zero attached hydrogens (tertiary/aromatic N) is 3. The summed E-state index contributed by atoms with van der Waals surface area (Å²) in [4.78, 5) is 16.9. The van der Waals surface area contributed by atoms with Gasteiger partial charge in [0.25, 0.3) is 0 Å². The second kappa shape index (κ2) is 8.31. The van der Waals surface area contributed by atoms with Crippen molar-refractivity contribution in [2.75, 3.05) is 14.2 Å². The second-order valence-corrected chi connectivity index (χ2v) is 6.50. The van der Waals surface area contributed by atoms with E-state index in [0.29, 0.717) is 22.9 Å². The number of hydrogen-bond acceptors (Lipinski definition) is 6. The summed E-state index contributed by atoms with van der Waals surface area (Å²) in [6, 6.07) is 10.5. The molecule has 0 spiro atoms. The van der Waals surface area contributed by atoms with Gasteiger partial charge in [-0.2, -0.15) is 5.10 Å².